The summed E-state index contributed by atoms with van der Waals surface area (Å²) in [5.41, 5.74) is 0.692. The second-order valence-electron chi connectivity index (χ2n) is 7.08. The summed E-state index contributed by atoms with van der Waals surface area (Å²) >= 11 is 0. The van der Waals surface area contributed by atoms with Crippen molar-refractivity contribution in [3.63, 3.8) is 0 Å². The van der Waals surface area contributed by atoms with Crippen molar-refractivity contribution in [3.05, 3.63) is 0 Å². The molecule has 0 saturated heterocycles. The van der Waals surface area contributed by atoms with Gasteiger partial charge in [0.2, 0.25) is 0 Å². The topological polar surface area (TPSA) is 12.0 Å². The second kappa shape index (κ2) is 4.01. The largest absolute Gasteiger partial charge is 0.316 e. The Kier molecular flexibility index (Phi) is 2.78. The van der Waals surface area contributed by atoms with Gasteiger partial charge in [-0.05, 0) is 67.7 Å². The van der Waals surface area contributed by atoms with E-state index in [0.29, 0.717) is 5.41 Å². The van der Waals surface area contributed by atoms with Gasteiger partial charge in [0.05, 0.1) is 0 Å². The normalized spacial score (nSPS) is 39.6. The molecule has 0 aromatic rings. The third-order valence-electron chi connectivity index (χ3n) is 5.89. The molecule has 16 heavy (non-hydrogen) atoms. The van der Waals surface area contributed by atoms with E-state index in [9.17, 15) is 0 Å². The van der Waals surface area contributed by atoms with Gasteiger partial charge in [-0.25, -0.2) is 0 Å². The summed E-state index contributed by atoms with van der Waals surface area (Å²) in [6.45, 7) is 7.40. The first-order chi connectivity index (χ1) is 7.70. The van der Waals surface area contributed by atoms with Gasteiger partial charge in [-0.15, -0.1) is 0 Å². The van der Waals surface area contributed by atoms with Crippen molar-refractivity contribution < 1.29 is 0 Å². The number of fused-ring (bicyclic) bond motifs is 2. The van der Waals surface area contributed by atoms with Gasteiger partial charge in [0.25, 0.3) is 0 Å². The maximum absolute atomic E-state index is 3.80. The average Bonchev–Trinajstić information content (AvgIpc) is 2.77. The van der Waals surface area contributed by atoms with Gasteiger partial charge >= 0.3 is 0 Å². The lowest BCUT2D eigenvalue weighted by atomic mass is 9.88. The lowest BCUT2D eigenvalue weighted by molar-refractivity contribution is 0.286. The van der Waals surface area contributed by atoms with Gasteiger partial charge < -0.3 is 5.32 Å². The fraction of sp³-hybridized carbons (Fsp3) is 1.00. The highest BCUT2D eigenvalue weighted by atomic mass is 14.9. The molecular formula is C15H27N. The summed E-state index contributed by atoms with van der Waals surface area (Å²) in [5.74, 6) is 4.10. The Bertz CT molecular complexity index is 254. The first kappa shape index (κ1) is 11.1. The first-order valence-electron chi connectivity index (χ1n) is 7.40. The van der Waals surface area contributed by atoms with Crippen molar-refractivity contribution in [1.29, 1.82) is 0 Å². The molecule has 92 valence electrons. The highest BCUT2D eigenvalue weighted by molar-refractivity contribution is 4.98. The Hall–Kier alpha value is -0.0400. The molecule has 0 spiro atoms. The molecule has 0 heterocycles. The van der Waals surface area contributed by atoms with Crippen LogP contribution in [0.5, 0.6) is 0 Å². The molecule has 3 rings (SSSR count). The summed E-state index contributed by atoms with van der Waals surface area (Å²) in [7, 11) is 0. The fourth-order valence-electron chi connectivity index (χ4n) is 4.25. The molecule has 0 radical (unpaired) electrons. The third-order valence-corrected chi connectivity index (χ3v) is 5.89. The van der Waals surface area contributed by atoms with Crippen LogP contribution in [0.1, 0.15) is 52.4 Å². The standard InChI is InChI=1S/C15H27N/c1-11(2)15(5-6-15)10-16-9-14-8-12-3-4-13(14)7-12/h11-14,16H,3-10H2,1-2H3. The summed E-state index contributed by atoms with van der Waals surface area (Å²) < 4.78 is 0. The van der Waals surface area contributed by atoms with E-state index >= 15 is 0 Å². The highest BCUT2D eigenvalue weighted by Crippen LogP contribution is 2.51. The fourth-order valence-corrected chi connectivity index (χ4v) is 4.25. The predicted octanol–water partition coefficient (Wildman–Crippen LogP) is 3.45. The van der Waals surface area contributed by atoms with E-state index in [-0.39, 0.29) is 0 Å². The molecular weight excluding hydrogens is 194 g/mol. The Morgan fingerprint density at radius 3 is 2.50 bits per heavy atom. The number of rotatable bonds is 5. The Morgan fingerprint density at radius 1 is 1.19 bits per heavy atom. The van der Waals surface area contributed by atoms with Crippen molar-refractivity contribution in [2.24, 2.45) is 29.1 Å². The molecule has 2 bridgehead atoms. The number of hydrogen-bond donors (Lipinski definition) is 1. The molecule has 3 aliphatic rings. The van der Waals surface area contributed by atoms with Crippen molar-refractivity contribution in [2.45, 2.75) is 52.4 Å². The summed E-state index contributed by atoms with van der Waals surface area (Å²) in [6, 6.07) is 0. The van der Waals surface area contributed by atoms with Crippen LogP contribution in [-0.4, -0.2) is 13.1 Å². The van der Waals surface area contributed by atoms with Gasteiger partial charge in [0.15, 0.2) is 0 Å². The second-order valence-corrected chi connectivity index (χ2v) is 7.08. The van der Waals surface area contributed by atoms with Crippen LogP contribution < -0.4 is 5.32 Å². The first-order valence-corrected chi connectivity index (χ1v) is 7.40. The highest BCUT2D eigenvalue weighted by Gasteiger charge is 2.45. The Morgan fingerprint density at radius 2 is 2.00 bits per heavy atom. The van der Waals surface area contributed by atoms with Crippen LogP contribution in [0.3, 0.4) is 0 Å². The average molecular weight is 221 g/mol. The van der Waals surface area contributed by atoms with Crippen LogP contribution >= 0.6 is 0 Å². The zero-order chi connectivity index (χ0) is 11.2. The van der Waals surface area contributed by atoms with Crippen LogP contribution in [-0.2, 0) is 0 Å². The van der Waals surface area contributed by atoms with Gasteiger partial charge in [-0.1, -0.05) is 20.3 Å². The quantitative estimate of drug-likeness (QED) is 0.750. The van der Waals surface area contributed by atoms with Crippen molar-refractivity contribution >= 4 is 0 Å². The number of hydrogen-bond acceptors (Lipinski definition) is 1. The summed E-state index contributed by atoms with van der Waals surface area (Å²) in [5, 5.41) is 3.80. The Balaban J connectivity index is 1.41. The molecule has 3 unspecified atom stereocenters. The SMILES string of the molecule is CC(C)C1(CNCC2CC3CCC2C3)CC1. The number of nitrogens with one attached hydrogen (secondary N) is 1. The predicted molar refractivity (Wildman–Crippen MR) is 68.3 cm³/mol. The van der Waals surface area contributed by atoms with Crippen LogP contribution in [0.25, 0.3) is 0 Å². The van der Waals surface area contributed by atoms with Gasteiger partial charge in [-0.2, -0.15) is 0 Å². The van der Waals surface area contributed by atoms with Crippen LogP contribution in [0, 0.1) is 29.1 Å². The van der Waals surface area contributed by atoms with E-state index in [4.69, 9.17) is 0 Å². The molecule has 3 aliphatic carbocycles. The molecule has 1 heteroatoms. The van der Waals surface area contributed by atoms with E-state index in [2.05, 4.69) is 19.2 Å². The Labute approximate surface area is 100 Å². The molecule has 3 fully saturated rings. The van der Waals surface area contributed by atoms with E-state index in [1.54, 1.807) is 6.42 Å². The van der Waals surface area contributed by atoms with Crippen molar-refractivity contribution in [2.75, 3.05) is 13.1 Å². The minimum Gasteiger partial charge on any atom is -0.316 e. The van der Waals surface area contributed by atoms with Crippen LogP contribution in [0.2, 0.25) is 0 Å². The minimum absolute atomic E-state index is 0.692. The lowest BCUT2D eigenvalue weighted by Gasteiger charge is -2.25. The molecule has 3 atom stereocenters. The molecule has 0 aromatic heterocycles. The smallest absolute Gasteiger partial charge is 0.00104 e. The zero-order valence-electron chi connectivity index (χ0n) is 11.0. The van der Waals surface area contributed by atoms with E-state index in [1.165, 1.54) is 45.2 Å². The molecule has 0 amide bonds. The van der Waals surface area contributed by atoms with Gasteiger partial charge in [0, 0.05) is 6.54 Å². The molecule has 3 saturated carbocycles. The van der Waals surface area contributed by atoms with Gasteiger partial charge in [0.1, 0.15) is 0 Å². The molecule has 0 aliphatic heterocycles. The lowest BCUT2D eigenvalue weighted by Crippen LogP contribution is -2.33. The van der Waals surface area contributed by atoms with E-state index in [1.807, 2.05) is 0 Å². The van der Waals surface area contributed by atoms with Gasteiger partial charge in [-0.3, -0.25) is 0 Å². The van der Waals surface area contributed by atoms with Crippen molar-refractivity contribution in [3.8, 4) is 0 Å². The van der Waals surface area contributed by atoms with Crippen molar-refractivity contribution in [1.82, 2.24) is 5.32 Å². The minimum atomic E-state index is 0.692. The molecule has 0 aromatic carbocycles. The third kappa shape index (κ3) is 1.92. The van der Waals surface area contributed by atoms with E-state index in [0.717, 1.165) is 23.7 Å². The maximum Gasteiger partial charge on any atom is 0.00104 e. The van der Waals surface area contributed by atoms with Crippen LogP contribution in [0.15, 0.2) is 0 Å². The van der Waals surface area contributed by atoms with E-state index < -0.39 is 0 Å². The molecule has 1 nitrogen and oxygen atoms in total. The summed E-state index contributed by atoms with van der Waals surface area (Å²) in [4.78, 5) is 0. The maximum atomic E-state index is 3.80. The zero-order valence-corrected chi connectivity index (χ0v) is 11.0. The monoisotopic (exact) mass is 221 g/mol. The summed E-state index contributed by atoms with van der Waals surface area (Å²) in [6.07, 6.45) is 9.10. The molecule has 1 N–H and O–H groups in total. The van der Waals surface area contributed by atoms with Crippen LogP contribution in [0.4, 0.5) is 0 Å².